The molecule has 2 aliphatic heterocycles. The van der Waals surface area contributed by atoms with E-state index in [1.807, 2.05) is 4.90 Å². The molecule has 2 aromatic rings. The Hall–Kier alpha value is -3.66. The van der Waals surface area contributed by atoms with E-state index in [0.717, 1.165) is 0 Å². The maximum Gasteiger partial charge on any atom is 0.414 e. The number of ether oxygens (including phenoxy) is 2. The first kappa shape index (κ1) is 24.5. The van der Waals surface area contributed by atoms with Crippen molar-refractivity contribution >= 4 is 29.2 Å². The third-order valence-corrected chi connectivity index (χ3v) is 6.17. The van der Waals surface area contributed by atoms with E-state index in [1.54, 1.807) is 43.5 Å². The van der Waals surface area contributed by atoms with Crippen LogP contribution in [0.3, 0.4) is 0 Å². The molecule has 2 heterocycles. The van der Waals surface area contributed by atoms with Crippen LogP contribution in [0.2, 0.25) is 0 Å². The van der Waals surface area contributed by atoms with E-state index in [9.17, 15) is 14.4 Å². The minimum Gasteiger partial charge on any atom is -0.497 e. The van der Waals surface area contributed by atoms with E-state index in [4.69, 9.17) is 9.47 Å². The summed E-state index contributed by atoms with van der Waals surface area (Å²) in [5, 5.41) is 2.62. The molecule has 0 aromatic heterocycles. The number of Topliss-reactive ketones (excluding diaryl/α,β-unsaturated/α-hetero) is 1. The van der Waals surface area contributed by atoms with Crippen LogP contribution in [0, 0.1) is 5.82 Å². The standard InChI is InChI=1S/C25H29FN4O5/c1-17(31)27-14-21-15-30(25(33)35-21)19-6-7-23(22(26)13-19)29-10-8-28(9-11-29)16-24(32)18-4-3-5-20(12-18)34-2/h3-7,12-13,21H,8-11,14-16H2,1-2H3,(H,27,31)/t21-/m0/s1. The molecule has 2 fully saturated rings. The van der Waals surface area contributed by atoms with Crippen molar-refractivity contribution in [2.45, 2.75) is 13.0 Å². The number of nitrogens with zero attached hydrogens (tertiary/aromatic N) is 3. The second kappa shape index (κ2) is 10.7. The third-order valence-electron chi connectivity index (χ3n) is 6.17. The Morgan fingerprint density at radius 2 is 1.91 bits per heavy atom. The predicted molar refractivity (Wildman–Crippen MR) is 129 cm³/mol. The highest BCUT2D eigenvalue weighted by atomic mass is 19.1. The highest BCUT2D eigenvalue weighted by Gasteiger charge is 2.33. The number of piperazine rings is 1. The monoisotopic (exact) mass is 484 g/mol. The summed E-state index contributed by atoms with van der Waals surface area (Å²) in [6.07, 6.45) is -1.05. The zero-order valence-electron chi connectivity index (χ0n) is 19.8. The van der Waals surface area contributed by atoms with Crippen LogP contribution in [0.15, 0.2) is 42.5 Å². The molecule has 9 nitrogen and oxygen atoms in total. The van der Waals surface area contributed by atoms with Crippen molar-refractivity contribution in [2.24, 2.45) is 0 Å². The van der Waals surface area contributed by atoms with Gasteiger partial charge in [-0.2, -0.15) is 0 Å². The van der Waals surface area contributed by atoms with Gasteiger partial charge in [0.05, 0.1) is 38.1 Å². The van der Waals surface area contributed by atoms with E-state index < -0.39 is 18.0 Å². The van der Waals surface area contributed by atoms with Crippen molar-refractivity contribution in [3.05, 3.63) is 53.8 Å². The van der Waals surface area contributed by atoms with Crippen molar-refractivity contribution in [2.75, 3.05) is 62.7 Å². The Morgan fingerprint density at radius 3 is 2.60 bits per heavy atom. The second-order valence-corrected chi connectivity index (χ2v) is 8.61. The van der Waals surface area contributed by atoms with Gasteiger partial charge in [-0.25, -0.2) is 9.18 Å². The number of rotatable bonds is 8. The fourth-order valence-corrected chi connectivity index (χ4v) is 4.25. The minimum atomic E-state index is -0.568. The summed E-state index contributed by atoms with van der Waals surface area (Å²) in [5.74, 6) is 0.0217. The van der Waals surface area contributed by atoms with Gasteiger partial charge in [0.2, 0.25) is 5.91 Å². The number of anilines is 2. The second-order valence-electron chi connectivity index (χ2n) is 8.61. The number of amides is 2. The van der Waals surface area contributed by atoms with Gasteiger partial charge in [0.15, 0.2) is 5.78 Å². The Kier molecular flexibility index (Phi) is 7.50. The van der Waals surface area contributed by atoms with Crippen LogP contribution in [0.1, 0.15) is 17.3 Å². The lowest BCUT2D eigenvalue weighted by molar-refractivity contribution is -0.119. The Labute approximate surface area is 203 Å². The number of benzene rings is 2. The molecule has 0 saturated carbocycles. The van der Waals surface area contributed by atoms with E-state index in [0.29, 0.717) is 55.4 Å². The van der Waals surface area contributed by atoms with Crippen molar-refractivity contribution in [1.82, 2.24) is 10.2 Å². The molecule has 4 rings (SSSR count). The number of methoxy groups -OCH3 is 1. The molecule has 0 spiro atoms. The van der Waals surface area contributed by atoms with Crippen LogP contribution in [-0.4, -0.2) is 81.7 Å². The number of hydrogen-bond donors (Lipinski definition) is 1. The molecule has 186 valence electrons. The number of carbonyl (C=O) groups is 3. The molecular weight excluding hydrogens is 455 g/mol. The third kappa shape index (κ3) is 5.89. The largest absolute Gasteiger partial charge is 0.497 e. The summed E-state index contributed by atoms with van der Waals surface area (Å²) in [6.45, 7) is 4.53. The highest BCUT2D eigenvalue weighted by molar-refractivity contribution is 5.98. The van der Waals surface area contributed by atoms with Gasteiger partial charge in [-0.3, -0.25) is 19.4 Å². The summed E-state index contributed by atoms with van der Waals surface area (Å²) in [6, 6.07) is 11.8. The summed E-state index contributed by atoms with van der Waals surface area (Å²) in [4.78, 5) is 41.3. The van der Waals surface area contributed by atoms with Crippen molar-refractivity contribution < 1.29 is 28.2 Å². The molecule has 35 heavy (non-hydrogen) atoms. The molecule has 2 aromatic carbocycles. The average Bonchev–Trinajstić information content (AvgIpc) is 3.23. The van der Waals surface area contributed by atoms with Crippen molar-refractivity contribution in [3.63, 3.8) is 0 Å². The number of hydrogen-bond acceptors (Lipinski definition) is 7. The SMILES string of the molecule is COc1cccc(C(=O)CN2CCN(c3ccc(N4C[C@H](CNC(C)=O)OC4=O)cc3F)CC2)c1. The maximum atomic E-state index is 15.0. The predicted octanol–water partition coefficient (Wildman–Crippen LogP) is 2.30. The summed E-state index contributed by atoms with van der Waals surface area (Å²) < 4.78 is 25.5. The average molecular weight is 485 g/mol. The Bertz CT molecular complexity index is 1100. The molecule has 0 radical (unpaired) electrons. The Balaban J connectivity index is 1.32. The number of ketones is 1. The quantitative estimate of drug-likeness (QED) is 0.575. The van der Waals surface area contributed by atoms with Crippen LogP contribution >= 0.6 is 0 Å². The van der Waals surface area contributed by atoms with E-state index in [-0.39, 0.29) is 24.8 Å². The minimum absolute atomic E-state index is 0.0159. The molecule has 2 amide bonds. The molecule has 0 unspecified atom stereocenters. The van der Waals surface area contributed by atoms with Crippen molar-refractivity contribution in [3.8, 4) is 5.75 Å². The summed E-state index contributed by atoms with van der Waals surface area (Å²) >= 11 is 0. The lowest BCUT2D eigenvalue weighted by Gasteiger charge is -2.36. The molecule has 0 bridgehead atoms. The molecule has 10 heteroatoms. The number of halogens is 1. The number of carbonyl (C=O) groups excluding carboxylic acids is 3. The van der Waals surface area contributed by atoms with Crippen LogP contribution < -0.4 is 19.9 Å². The van der Waals surface area contributed by atoms with Gasteiger partial charge >= 0.3 is 6.09 Å². The first-order valence-electron chi connectivity index (χ1n) is 11.5. The Morgan fingerprint density at radius 1 is 1.14 bits per heavy atom. The van der Waals surface area contributed by atoms with E-state index >= 15 is 4.39 Å². The summed E-state index contributed by atoms with van der Waals surface area (Å²) in [5.41, 5.74) is 1.46. The van der Waals surface area contributed by atoms with Gasteiger partial charge in [-0.15, -0.1) is 0 Å². The van der Waals surface area contributed by atoms with Gasteiger partial charge < -0.3 is 19.7 Å². The molecule has 1 N–H and O–H groups in total. The fourth-order valence-electron chi connectivity index (χ4n) is 4.25. The molecule has 2 aliphatic rings. The highest BCUT2D eigenvalue weighted by Crippen LogP contribution is 2.28. The maximum absolute atomic E-state index is 15.0. The van der Waals surface area contributed by atoms with Gasteiger partial charge in [0.1, 0.15) is 17.7 Å². The molecule has 0 aliphatic carbocycles. The van der Waals surface area contributed by atoms with E-state index in [1.165, 1.54) is 17.9 Å². The van der Waals surface area contributed by atoms with Crippen LogP contribution in [0.5, 0.6) is 5.75 Å². The fraction of sp³-hybridized carbons (Fsp3) is 0.400. The van der Waals surface area contributed by atoms with Crippen LogP contribution in [-0.2, 0) is 9.53 Å². The molecular formula is C25H29FN4O5. The molecule has 2 saturated heterocycles. The lowest BCUT2D eigenvalue weighted by Crippen LogP contribution is -2.48. The van der Waals surface area contributed by atoms with Gasteiger partial charge in [0, 0.05) is 38.7 Å². The zero-order valence-corrected chi connectivity index (χ0v) is 19.8. The van der Waals surface area contributed by atoms with Crippen LogP contribution in [0.25, 0.3) is 0 Å². The van der Waals surface area contributed by atoms with Crippen LogP contribution in [0.4, 0.5) is 20.6 Å². The molecule has 1 atom stereocenters. The van der Waals surface area contributed by atoms with E-state index in [2.05, 4.69) is 10.2 Å². The smallest absolute Gasteiger partial charge is 0.414 e. The topological polar surface area (TPSA) is 91.4 Å². The first-order chi connectivity index (χ1) is 16.8. The van der Waals surface area contributed by atoms with Gasteiger partial charge in [-0.05, 0) is 30.3 Å². The number of nitrogens with one attached hydrogen (secondary N) is 1. The van der Waals surface area contributed by atoms with Gasteiger partial charge in [0.25, 0.3) is 0 Å². The van der Waals surface area contributed by atoms with Gasteiger partial charge in [-0.1, -0.05) is 12.1 Å². The normalized spacial score (nSPS) is 18.4. The zero-order chi connectivity index (χ0) is 24.9. The first-order valence-corrected chi connectivity index (χ1v) is 11.5. The number of cyclic esters (lactones) is 1. The lowest BCUT2D eigenvalue weighted by atomic mass is 10.1. The van der Waals surface area contributed by atoms with Crippen molar-refractivity contribution in [1.29, 1.82) is 0 Å². The summed E-state index contributed by atoms with van der Waals surface area (Å²) in [7, 11) is 1.57.